The van der Waals surface area contributed by atoms with Crippen LogP contribution in [0.1, 0.15) is 43.9 Å². The fourth-order valence-corrected chi connectivity index (χ4v) is 2.31. The molecule has 0 N–H and O–H groups in total. The van der Waals surface area contributed by atoms with E-state index in [2.05, 4.69) is 6.07 Å². The number of aryl methyl sites for hydroxylation is 1. The maximum Gasteiger partial charge on any atom is 0.140 e. The van der Waals surface area contributed by atoms with Crippen LogP contribution in [0, 0.1) is 17.1 Å². The highest BCUT2D eigenvalue weighted by atomic mass is 19.1. The summed E-state index contributed by atoms with van der Waals surface area (Å²) in [6.45, 7) is 6.32. The predicted molar refractivity (Wildman–Crippen MR) is 63.6 cm³/mol. The maximum absolute atomic E-state index is 14.1. The lowest BCUT2D eigenvalue weighted by atomic mass is 9.81. The van der Waals surface area contributed by atoms with Gasteiger partial charge >= 0.3 is 0 Å². The summed E-state index contributed by atoms with van der Waals surface area (Å²) in [7, 11) is 0. The van der Waals surface area contributed by atoms with Gasteiger partial charge in [-0.3, -0.25) is 0 Å². The van der Waals surface area contributed by atoms with E-state index in [1.807, 2.05) is 20.8 Å². The smallest absolute Gasteiger partial charge is 0.140 e. The molecule has 0 amide bonds. The highest BCUT2D eigenvalue weighted by Crippen LogP contribution is 2.38. The number of nitrogens with zero attached hydrogens (tertiary/aromatic N) is 1. The van der Waals surface area contributed by atoms with Crippen molar-refractivity contribution in [1.82, 2.24) is 0 Å². The number of nitriles is 1. The third-order valence-corrected chi connectivity index (χ3v) is 3.01. The third-order valence-electron chi connectivity index (χ3n) is 3.01. The largest absolute Gasteiger partial charge is 0.492 e. The molecular formula is C14H16FNO. The van der Waals surface area contributed by atoms with Gasteiger partial charge in [0.25, 0.3) is 0 Å². The lowest BCUT2D eigenvalue weighted by Gasteiger charge is -2.26. The Hall–Kier alpha value is -1.56. The first-order valence-electron chi connectivity index (χ1n) is 5.84. The molecule has 3 heteroatoms. The molecule has 1 aromatic carbocycles. The topological polar surface area (TPSA) is 33.0 Å². The first-order chi connectivity index (χ1) is 7.95. The Balaban J connectivity index is 2.73. The molecule has 0 atom stereocenters. The molecule has 1 aliphatic heterocycles. The molecule has 2 nitrogen and oxygen atoms in total. The van der Waals surface area contributed by atoms with Crippen molar-refractivity contribution < 1.29 is 9.13 Å². The van der Waals surface area contributed by atoms with E-state index in [0.717, 1.165) is 18.4 Å². The summed E-state index contributed by atoms with van der Waals surface area (Å²) in [5.74, 6) is 0.295. The van der Waals surface area contributed by atoms with E-state index in [4.69, 9.17) is 4.74 Å². The maximum atomic E-state index is 14.1. The van der Waals surface area contributed by atoms with Crippen molar-refractivity contribution in [3.8, 4) is 11.8 Å². The molecule has 0 saturated carbocycles. The van der Waals surface area contributed by atoms with Gasteiger partial charge in [0.15, 0.2) is 0 Å². The molecular weight excluding hydrogens is 217 g/mol. The molecule has 0 bridgehead atoms. The highest BCUT2D eigenvalue weighted by Gasteiger charge is 2.28. The number of halogens is 1. The highest BCUT2D eigenvalue weighted by molar-refractivity contribution is 5.56. The van der Waals surface area contributed by atoms with Gasteiger partial charge in [0, 0.05) is 5.56 Å². The summed E-state index contributed by atoms with van der Waals surface area (Å²) in [6, 6.07) is 3.63. The Kier molecular flexibility index (Phi) is 2.82. The van der Waals surface area contributed by atoms with Crippen LogP contribution in [0.25, 0.3) is 0 Å². The van der Waals surface area contributed by atoms with Gasteiger partial charge in [0.05, 0.1) is 6.61 Å². The van der Waals surface area contributed by atoms with Crippen LogP contribution in [0.4, 0.5) is 4.39 Å². The number of benzene rings is 1. The summed E-state index contributed by atoms with van der Waals surface area (Å²) in [4.78, 5) is 0. The normalized spacial score (nSPS) is 14.8. The molecule has 0 saturated heterocycles. The van der Waals surface area contributed by atoms with E-state index < -0.39 is 5.41 Å². The fraction of sp³-hybridized carbons (Fsp3) is 0.500. The Labute approximate surface area is 101 Å². The standard InChI is InChI=1S/C14H16FNO/c1-14(2,3)12-10(8-16)13-9(7-11(12)15)5-4-6-17-13/h7H,4-6H2,1-3H3. The predicted octanol–water partition coefficient (Wildman–Crippen LogP) is 3.32. The van der Waals surface area contributed by atoms with Gasteiger partial charge in [-0.25, -0.2) is 4.39 Å². The van der Waals surface area contributed by atoms with Gasteiger partial charge in [-0.2, -0.15) is 5.26 Å². The number of rotatable bonds is 0. The Morgan fingerprint density at radius 1 is 1.41 bits per heavy atom. The number of ether oxygens (including phenoxy) is 1. The van der Waals surface area contributed by atoms with E-state index in [-0.39, 0.29) is 5.82 Å². The van der Waals surface area contributed by atoms with Crippen LogP contribution in [0.5, 0.6) is 5.75 Å². The summed E-state index contributed by atoms with van der Waals surface area (Å²) >= 11 is 0. The quantitative estimate of drug-likeness (QED) is 0.688. The summed E-state index contributed by atoms with van der Waals surface area (Å²) < 4.78 is 19.7. The van der Waals surface area contributed by atoms with Crippen molar-refractivity contribution in [3.05, 3.63) is 28.6 Å². The molecule has 0 aromatic heterocycles. The second kappa shape index (κ2) is 4.03. The molecule has 0 radical (unpaired) electrons. The molecule has 0 unspecified atom stereocenters. The van der Waals surface area contributed by atoms with Crippen LogP contribution < -0.4 is 4.74 Å². The minimum absolute atomic E-state index is 0.293. The SMILES string of the molecule is CC(C)(C)c1c(F)cc2c(c1C#N)OCCC2. The van der Waals surface area contributed by atoms with Gasteiger partial charge in [-0.15, -0.1) is 0 Å². The minimum Gasteiger partial charge on any atom is -0.492 e. The van der Waals surface area contributed by atoms with E-state index in [1.165, 1.54) is 6.07 Å². The number of fused-ring (bicyclic) bond motifs is 1. The van der Waals surface area contributed by atoms with Crippen LogP contribution in [-0.4, -0.2) is 6.61 Å². The molecule has 1 aromatic rings. The zero-order valence-corrected chi connectivity index (χ0v) is 10.4. The first kappa shape index (κ1) is 11.9. The van der Waals surface area contributed by atoms with Gasteiger partial charge in [0.1, 0.15) is 23.2 Å². The molecule has 0 spiro atoms. The lowest BCUT2D eigenvalue weighted by Crippen LogP contribution is -2.19. The number of hydrogen-bond acceptors (Lipinski definition) is 2. The zero-order valence-electron chi connectivity index (χ0n) is 10.4. The van der Waals surface area contributed by atoms with Crippen LogP contribution in [0.15, 0.2) is 6.07 Å². The van der Waals surface area contributed by atoms with Crippen LogP contribution in [0.2, 0.25) is 0 Å². The second-order valence-electron chi connectivity index (χ2n) is 5.41. The third kappa shape index (κ3) is 2.00. The Morgan fingerprint density at radius 3 is 2.71 bits per heavy atom. The first-order valence-corrected chi connectivity index (χ1v) is 5.84. The van der Waals surface area contributed by atoms with Crippen molar-refractivity contribution >= 4 is 0 Å². The van der Waals surface area contributed by atoms with Gasteiger partial charge in [0.2, 0.25) is 0 Å². The second-order valence-corrected chi connectivity index (χ2v) is 5.41. The van der Waals surface area contributed by atoms with Gasteiger partial charge < -0.3 is 4.74 Å². The zero-order chi connectivity index (χ0) is 12.6. The summed E-state index contributed by atoms with van der Waals surface area (Å²) in [6.07, 6.45) is 1.66. The van der Waals surface area contributed by atoms with E-state index in [9.17, 15) is 9.65 Å². The number of hydrogen-bond donors (Lipinski definition) is 0. The van der Waals surface area contributed by atoms with Gasteiger partial charge in [-0.1, -0.05) is 20.8 Å². The molecule has 17 heavy (non-hydrogen) atoms. The van der Waals surface area contributed by atoms with Crippen molar-refractivity contribution in [2.75, 3.05) is 6.61 Å². The van der Waals surface area contributed by atoms with Crippen LogP contribution in [0.3, 0.4) is 0 Å². The van der Waals surface area contributed by atoms with Crippen molar-refractivity contribution in [1.29, 1.82) is 5.26 Å². The molecule has 2 rings (SSSR count). The van der Waals surface area contributed by atoms with E-state index in [1.54, 1.807) is 0 Å². The molecule has 0 fully saturated rings. The van der Waals surface area contributed by atoms with Gasteiger partial charge in [-0.05, 0) is 29.9 Å². The van der Waals surface area contributed by atoms with E-state index >= 15 is 0 Å². The lowest BCUT2D eigenvalue weighted by molar-refractivity contribution is 0.285. The van der Waals surface area contributed by atoms with Crippen LogP contribution in [-0.2, 0) is 11.8 Å². The summed E-state index contributed by atoms with van der Waals surface area (Å²) in [5.41, 5.74) is 1.25. The minimum atomic E-state index is -0.398. The van der Waals surface area contributed by atoms with Crippen molar-refractivity contribution in [2.45, 2.75) is 39.0 Å². The average molecular weight is 233 g/mol. The van der Waals surface area contributed by atoms with E-state index in [0.29, 0.717) is 23.5 Å². The Morgan fingerprint density at radius 2 is 2.12 bits per heavy atom. The average Bonchev–Trinajstić information content (AvgIpc) is 2.25. The molecule has 1 aliphatic rings. The summed E-state index contributed by atoms with van der Waals surface area (Å²) in [5, 5.41) is 9.27. The van der Waals surface area contributed by atoms with Crippen LogP contribution >= 0.6 is 0 Å². The van der Waals surface area contributed by atoms with Crippen molar-refractivity contribution in [3.63, 3.8) is 0 Å². The Bertz CT molecular complexity index is 494. The van der Waals surface area contributed by atoms with Crippen molar-refractivity contribution in [2.24, 2.45) is 0 Å². The molecule has 1 heterocycles. The monoisotopic (exact) mass is 233 g/mol. The molecule has 0 aliphatic carbocycles. The molecule has 90 valence electrons. The fourth-order valence-electron chi connectivity index (χ4n) is 2.31.